The summed E-state index contributed by atoms with van der Waals surface area (Å²) in [5, 5.41) is 8.93. The van der Waals surface area contributed by atoms with Crippen molar-refractivity contribution in [3.63, 3.8) is 0 Å². The summed E-state index contributed by atoms with van der Waals surface area (Å²) < 4.78 is 5.11. The molecule has 19 heavy (non-hydrogen) atoms. The largest absolute Gasteiger partial charge is 0.478 e. The Labute approximate surface area is 112 Å². The van der Waals surface area contributed by atoms with Crippen LogP contribution in [0.4, 0.5) is 0 Å². The summed E-state index contributed by atoms with van der Waals surface area (Å²) in [6.07, 6.45) is 3.21. The van der Waals surface area contributed by atoms with Gasteiger partial charge in [-0.25, -0.2) is 4.79 Å². The minimum atomic E-state index is -0.916. The normalized spacial score (nSPS) is 11.2. The molecule has 0 spiro atoms. The molecule has 1 rings (SSSR count). The van der Waals surface area contributed by atoms with E-state index in [1.165, 1.54) is 0 Å². The summed E-state index contributed by atoms with van der Waals surface area (Å²) in [5.41, 5.74) is 1.12. The zero-order valence-electron chi connectivity index (χ0n) is 11.2. The van der Waals surface area contributed by atoms with E-state index in [-0.39, 0.29) is 5.97 Å². The third kappa shape index (κ3) is 4.95. The van der Waals surface area contributed by atoms with Crippen molar-refractivity contribution in [3.8, 4) is 5.75 Å². The van der Waals surface area contributed by atoms with Crippen molar-refractivity contribution in [2.24, 2.45) is 0 Å². The second kappa shape index (κ2) is 7.36. The number of benzene rings is 1. The summed E-state index contributed by atoms with van der Waals surface area (Å²) in [5.74, 6) is -0.699. The molecule has 0 radical (unpaired) electrons. The van der Waals surface area contributed by atoms with E-state index in [4.69, 9.17) is 9.84 Å². The standard InChI is InChI=1S/C15H18O4/c1-3-5-14(16)19-13-8-6-11(7-9-13)10-12(4-2)15(17)18/h6-10H,3-5H2,1-2H3,(H,17,18). The van der Waals surface area contributed by atoms with Gasteiger partial charge in [0.2, 0.25) is 0 Å². The van der Waals surface area contributed by atoms with Crippen LogP contribution in [0.3, 0.4) is 0 Å². The van der Waals surface area contributed by atoms with Crippen molar-refractivity contribution in [2.75, 3.05) is 0 Å². The first-order valence-corrected chi connectivity index (χ1v) is 6.31. The third-order valence-electron chi connectivity index (χ3n) is 2.56. The fourth-order valence-electron chi connectivity index (χ4n) is 1.53. The second-order valence-corrected chi connectivity index (χ2v) is 4.12. The molecule has 0 atom stereocenters. The molecule has 1 N–H and O–H groups in total. The lowest BCUT2D eigenvalue weighted by atomic mass is 10.1. The molecule has 0 saturated carbocycles. The van der Waals surface area contributed by atoms with Gasteiger partial charge in [-0.05, 0) is 36.6 Å². The molecule has 0 amide bonds. The van der Waals surface area contributed by atoms with Crippen molar-refractivity contribution in [2.45, 2.75) is 33.1 Å². The number of rotatable bonds is 6. The Kier molecular flexibility index (Phi) is 5.79. The van der Waals surface area contributed by atoms with Gasteiger partial charge in [0.15, 0.2) is 0 Å². The highest BCUT2D eigenvalue weighted by molar-refractivity contribution is 5.92. The van der Waals surface area contributed by atoms with Crippen molar-refractivity contribution in [1.82, 2.24) is 0 Å². The molecule has 0 aliphatic rings. The van der Waals surface area contributed by atoms with E-state index in [9.17, 15) is 9.59 Å². The highest BCUT2D eigenvalue weighted by Gasteiger charge is 2.05. The van der Waals surface area contributed by atoms with E-state index >= 15 is 0 Å². The van der Waals surface area contributed by atoms with Gasteiger partial charge >= 0.3 is 11.9 Å². The second-order valence-electron chi connectivity index (χ2n) is 4.12. The van der Waals surface area contributed by atoms with Crippen molar-refractivity contribution >= 4 is 18.0 Å². The van der Waals surface area contributed by atoms with Gasteiger partial charge in [-0.2, -0.15) is 0 Å². The van der Waals surface area contributed by atoms with E-state index < -0.39 is 5.97 Å². The Morgan fingerprint density at radius 3 is 2.32 bits per heavy atom. The van der Waals surface area contributed by atoms with Crippen LogP contribution in [0.5, 0.6) is 5.75 Å². The Morgan fingerprint density at radius 2 is 1.84 bits per heavy atom. The lowest BCUT2D eigenvalue weighted by molar-refractivity contribution is -0.134. The van der Waals surface area contributed by atoms with Crippen LogP contribution in [0, 0.1) is 0 Å². The van der Waals surface area contributed by atoms with Crippen molar-refractivity contribution < 1.29 is 19.4 Å². The smallest absolute Gasteiger partial charge is 0.331 e. The van der Waals surface area contributed by atoms with Crippen LogP contribution >= 0.6 is 0 Å². The third-order valence-corrected chi connectivity index (χ3v) is 2.56. The first-order chi connectivity index (χ1) is 9.06. The molecular weight excluding hydrogens is 244 g/mol. The molecule has 4 heteroatoms. The zero-order valence-corrected chi connectivity index (χ0v) is 11.2. The van der Waals surface area contributed by atoms with Gasteiger partial charge in [-0.15, -0.1) is 0 Å². The number of hydrogen-bond acceptors (Lipinski definition) is 3. The fraction of sp³-hybridized carbons (Fsp3) is 0.333. The Bertz CT molecular complexity index is 471. The average molecular weight is 262 g/mol. The molecule has 0 saturated heterocycles. The van der Waals surface area contributed by atoms with Crippen LogP contribution in [0.2, 0.25) is 0 Å². The summed E-state index contributed by atoms with van der Waals surface area (Å²) >= 11 is 0. The van der Waals surface area contributed by atoms with Gasteiger partial charge in [0.05, 0.1) is 0 Å². The average Bonchev–Trinajstić information content (AvgIpc) is 2.37. The fourth-order valence-corrected chi connectivity index (χ4v) is 1.53. The first-order valence-electron chi connectivity index (χ1n) is 6.31. The van der Waals surface area contributed by atoms with E-state index in [2.05, 4.69) is 0 Å². The zero-order chi connectivity index (χ0) is 14.3. The molecule has 0 fully saturated rings. The van der Waals surface area contributed by atoms with Crippen LogP contribution in [0.25, 0.3) is 6.08 Å². The molecule has 0 aliphatic heterocycles. The van der Waals surface area contributed by atoms with Crippen LogP contribution in [0.15, 0.2) is 29.8 Å². The number of ether oxygens (including phenoxy) is 1. The van der Waals surface area contributed by atoms with Gasteiger partial charge in [0, 0.05) is 12.0 Å². The number of carbonyl (C=O) groups excluding carboxylic acids is 1. The van der Waals surface area contributed by atoms with Gasteiger partial charge in [0.25, 0.3) is 0 Å². The SMILES string of the molecule is CCCC(=O)Oc1ccc(C=C(CC)C(=O)O)cc1. The van der Waals surface area contributed by atoms with Crippen LogP contribution in [-0.2, 0) is 9.59 Å². The van der Waals surface area contributed by atoms with Gasteiger partial charge < -0.3 is 9.84 Å². The summed E-state index contributed by atoms with van der Waals surface area (Å²) in [4.78, 5) is 22.2. The van der Waals surface area contributed by atoms with Gasteiger partial charge in [-0.1, -0.05) is 26.0 Å². The molecule has 0 aromatic heterocycles. The van der Waals surface area contributed by atoms with Crippen LogP contribution in [-0.4, -0.2) is 17.0 Å². The molecule has 0 bridgehead atoms. The number of esters is 1. The van der Waals surface area contributed by atoms with Crippen molar-refractivity contribution in [3.05, 3.63) is 35.4 Å². The van der Waals surface area contributed by atoms with E-state index in [0.717, 1.165) is 12.0 Å². The highest BCUT2D eigenvalue weighted by atomic mass is 16.5. The molecule has 102 valence electrons. The Balaban J connectivity index is 2.76. The van der Waals surface area contributed by atoms with Gasteiger partial charge in [0.1, 0.15) is 5.75 Å². The maximum Gasteiger partial charge on any atom is 0.331 e. The number of carboxylic acid groups (broad SMARTS) is 1. The molecule has 0 unspecified atom stereocenters. The Morgan fingerprint density at radius 1 is 1.21 bits per heavy atom. The first kappa shape index (κ1) is 15.0. The van der Waals surface area contributed by atoms with Crippen LogP contribution < -0.4 is 4.74 Å². The molecule has 0 aliphatic carbocycles. The monoisotopic (exact) mass is 262 g/mol. The van der Waals surface area contributed by atoms with E-state index in [0.29, 0.717) is 24.2 Å². The Hall–Kier alpha value is -2.10. The summed E-state index contributed by atoms with van der Waals surface area (Å²) in [7, 11) is 0. The predicted molar refractivity (Wildman–Crippen MR) is 72.9 cm³/mol. The highest BCUT2D eigenvalue weighted by Crippen LogP contribution is 2.16. The molecule has 1 aromatic carbocycles. The lowest BCUT2D eigenvalue weighted by Gasteiger charge is -2.04. The van der Waals surface area contributed by atoms with Gasteiger partial charge in [-0.3, -0.25) is 4.79 Å². The molecule has 1 aromatic rings. The number of aliphatic carboxylic acids is 1. The number of hydrogen-bond donors (Lipinski definition) is 1. The maximum absolute atomic E-state index is 11.3. The molecule has 0 heterocycles. The van der Waals surface area contributed by atoms with E-state index in [1.54, 1.807) is 37.3 Å². The summed E-state index contributed by atoms with van der Waals surface area (Å²) in [6, 6.07) is 6.78. The predicted octanol–water partition coefficient (Wildman–Crippen LogP) is 3.27. The number of carboxylic acids is 1. The number of carbonyl (C=O) groups is 2. The quantitative estimate of drug-likeness (QED) is 0.485. The minimum absolute atomic E-state index is 0.259. The minimum Gasteiger partial charge on any atom is -0.478 e. The van der Waals surface area contributed by atoms with E-state index in [1.807, 2.05) is 6.92 Å². The lowest BCUT2D eigenvalue weighted by Crippen LogP contribution is -2.06. The topological polar surface area (TPSA) is 63.6 Å². The van der Waals surface area contributed by atoms with Crippen LogP contribution in [0.1, 0.15) is 38.7 Å². The molecule has 4 nitrogen and oxygen atoms in total. The maximum atomic E-state index is 11.3. The van der Waals surface area contributed by atoms with Crippen molar-refractivity contribution in [1.29, 1.82) is 0 Å². The summed E-state index contributed by atoms with van der Waals surface area (Å²) in [6.45, 7) is 3.70. The molecular formula is C15H18O4.